The lowest BCUT2D eigenvalue weighted by Gasteiger charge is -2.17. The number of carbonyl (C=O) groups is 1. The first-order chi connectivity index (χ1) is 10.6. The minimum absolute atomic E-state index is 0.146. The van der Waals surface area contributed by atoms with Crippen molar-refractivity contribution in [2.45, 2.75) is 33.1 Å². The molecule has 0 spiro atoms. The highest BCUT2D eigenvalue weighted by Gasteiger charge is 2.24. The van der Waals surface area contributed by atoms with Crippen LogP contribution in [0.25, 0.3) is 0 Å². The lowest BCUT2D eigenvalue weighted by molar-refractivity contribution is 0.102. The van der Waals surface area contributed by atoms with Crippen LogP contribution in [0.15, 0.2) is 24.3 Å². The second-order valence-corrected chi connectivity index (χ2v) is 7.10. The fourth-order valence-corrected chi connectivity index (χ4v) is 4.27. The quantitative estimate of drug-likeness (QED) is 0.899. The number of aryl methyl sites for hydroxylation is 1. The number of rotatable bonds is 2. The van der Waals surface area contributed by atoms with E-state index in [0.29, 0.717) is 22.0 Å². The van der Waals surface area contributed by atoms with E-state index in [-0.39, 0.29) is 5.91 Å². The smallest absolute Gasteiger partial charge is 0.256 e. The van der Waals surface area contributed by atoms with Crippen molar-refractivity contribution in [2.24, 2.45) is 5.92 Å². The maximum Gasteiger partial charge on any atom is 0.256 e. The highest BCUT2D eigenvalue weighted by atomic mass is 32.1. The van der Waals surface area contributed by atoms with Gasteiger partial charge in [-0.05, 0) is 49.8 Å². The van der Waals surface area contributed by atoms with Crippen molar-refractivity contribution in [3.05, 3.63) is 51.4 Å². The van der Waals surface area contributed by atoms with Crippen molar-refractivity contribution in [1.82, 2.24) is 0 Å². The molecule has 1 atom stereocenters. The van der Waals surface area contributed by atoms with Gasteiger partial charge >= 0.3 is 0 Å². The summed E-state index contributed by atoms with van der Waals surface area (Å²) < 4.78 is 0. The molecule has 0 saturated carbocycles. The molecule has 1 amide bonds. The summed E-state index contributed by atoms with van der Waals surface area (Å²) in [6.45, 7) is 4.20. The molecule has 3 rings (SSSR count). The van der Waals surface area contributed by atoms with E-state index >= 15 is 0 Å². The Morgan fingerprint density at radius 2 is 2.27 bits per heavy atom. The third-order valence-electron chi connectivity index (χ3n) is 4.13. The molecule has 0 saturated heterocycles. The molecule has 0 unspecified atom stereocenters. The third-order valence-corrected chi connectivity index (χ3v) is 5.30. The van der Waals surface area contributed by atoms with E-state index in [1.807, 2.05) is 25.1 Å². The van der Waals surface area contributed by atoms with E-state index in [4.69, 9.17) is 0 Å². The molecule has 3 nitrogen and oxygen atoms in total. The van der Waals surface area contributed by atoms with Gasteiger partial charge in [-0.1, -0.05) is 24.6 Å². The van der Waals surface area contributed by atoms with Crippen LogP contribution in [0.3, 0.4) is 0 Å². The molecule has 1 aliphatic rings. The van der Waals surface area contributed by atoms with Gasteiger partial charge in [0.05, 0.1) is 5.56 Å². The number of nitrogens with one attached hydrogen (secondary N) is 1. The van der Waals surface area contributed by atoms with Gasteiger partial charge < -0.3 is 5.32 Å². The zero-order valence-electron chi connectivity index (χ0n) is 12.8. The predicted octanol–water partition coefficient (Wildman–Crippen LogP) is 4.31. The number of thiophene rings is 1. The predicted molar refractivity (Wildman–Crippen MR) is 89.4 cm³/mol. The Kier molecular flexibility index (Phi) is 4.00. The lowest BCUT2D eigenvalue weighted by atomic mass is 9.88. The van der Waals surface area contributed by atoms with Crippen LogP contribution in [0.5, 0.6) is 0 Å². The monoisotopic (exact) mass is 310 g/mol. The number of amides is 1. The second-order valence-electron chi connectivity index (χ2n) is 5.99. The summed E-state index contributed by atoms with van der Waals surface area (Å²) in [6.07, 6.45) is 3.06. The third kappa shape index (κ3) is 2.77. The van der Waals surface area contributed by atoms with Crippen LogP contribution in [0, 0.1) is 24.2 Å². The Hall–Kier alpha value is -2.12. The molecule has 0 fully saturated rings. The van der Waals surface area contributed by atoms with Crippen LogP contribution < -0.4 is 5.32 Å². The van der Waals surface area contributed by atoms with E-state index < -0.39 is 0 Å². The lowest BCUT2D eigenvalue weighted by Crippen LogP contribution is -2.12. The van der Waals surface area contributed by atoms with E-state index in [9.17, 15) is 10.1 Å². The Labute approximate surface area is 134 Å². The fourth-order valence-electron chi connectivity index (χ4n) is 2.92. The van der Waals surface area contributed by atoms with Crippen LogP contribution in [0.1, 0.15) is 45.3 Å². The average molecular weight is 310 g/mol. The Morgan fingerprint density at radius 3 is 3.00 bits per heavy atom. The molecule has 1 aliphatic carbocycles. The first-order valence-corrected chi connectivity index (χ1v) is 8.32. The molecule has 1 heterocycles. The van der Waals surface area contributed by atoms with Gasteiger partial charge in [-0.25, -0.2) is 0 Å². The molecule has 22 heavy (non-hydrogen) atoms. The summed E-state index contributed by atoms with van der Waals surface area (Å²) in [5, 5.41) is 13.1. The zero-order valence-corrected chi connectivity index (χ0v) is 13.6. The number of nitriles is 1. The zero-order chi connectivity index (χ0) is 15.7. The standard InChI is InChI=1S/C18H18N2OS/c1-11-4-3-5-13(8-11)17(21)20-18-15(10-19)14-7-6-12(2)9-16(14)22-18/h3-5,8,12H,6-7,9H2,1-2H3,(H,20,21)/t12-/m1/s1. The van der Waals surface area contributed by atoms with Crippen molar-refractivity contribution in [2.75, 3.05) is 5.32 Å². The van der Waals surface area contributed by atoms with Crippen molar-refractivity contribution < 1.29 is 4.79 Å². The number of anilines is 1. The summed E-state index contributed by atoms with van der Waals surface area (Å²) in [4.78, 5) is 13.7. The Balaban J connectivity index is 1.90. The van der Waals surface area contributed by atoms with Crippen LogP contribution in [0.4, 0.5) is 5.00 Å². The van der Waals surface area contributed by atoms with Gasteiger partial charge in [0.15, 0.2) is 0 Å². The number of carbonyl (C=O) groups excluding carboxylic acids is 1. The molecule has 4 heteroatoms. The van der Waals surface area contributed by atoms with Gasteiger partial charge in [0.2, 0.25) is 0 Å². The van der Waals surface area contributed by atoms with Gasteiger partial charge in [-0.15, -0.1) is 11.3 Å². The summed E-state index contributed by atoms with van der Waals surface area (Å²) in [6, 6.07) is 9.77. The molecule has 1 aromatic carbocycles. The maximum atomic E-state index is 12.4. The van der Waals surface area contributed by atoms with Gasteiger partial charge in [0.1, 0.15) is 11.1 Å². The second kappa shape index (κ2) is 5.94. The van der Waals surface area contributed by atoms with E-state index in [1.165, 1.54) is 4.88 Å². The number of fused-ring (bicyclic) bond motifs is 1. The largest absolute Gasteiger partial charge is 0.312 e. The van der Waals surface area contributed by atoms with Crippen molar-refractivity contribution >= 4 is 22.2 Å². The average Bonchev–Trinajstić information content (AvgIpc) is 2.83. The molecule has 0 radical (unpaired) electrons. The number of hydrogen-bond donors (Lipinski definition) is 1. The highest BCUT2D eigenvalue weighted by Crippen LogP contribution is 2.39. The molecule has 2 aromatic rings. The highest BCUT2D eigenvalue weighted by molar-refractivity contribution is 7.16. The fraction of sp³-hybridized carbons (Fsp3) is 0.333. The number of hydrogen-bond acceptors (Lipinski definition) is 3. The van der Waals surface area contributed by atoms with Crippen molar-refractivity contribution in [3.8, 4) is 6.07 Å². The van der Waals surface area contributed by atoms with Crippen molar-refractivity contribution in [3.63, 3.8) is 0 Å². The van der Waals surface area contributed by atoms with Crippen LogP contribution >= 0.6 is 11.3 Å². The molecular formula is C18H18N2OS. The maximum absolute atomic E-state index is 12.4. The van der Waals surface area contributed by atoms with Gasteiger partial charge in [-0.2, -0.15) is 5.26 Å². The first kappa shape index (κ1) is 14.8. The topological polar surface area (TPSA) is 52.9 Å². The Bertz CT molecular complexity index is 770. The van der Waals surface area contributed by atoms with Crippen molar-refractivity contribution in [1.29, 1.82) is 5.26 Å². The normalized spacial score (nSPS) is 16.7. The molecule has 112 valence electrons. The van der Waals surface area contributed by atoms with E-state index in [0.717, 1.165) is 30.4 Å². The van der Waals surface area contributed by atoms with E-state index in [1.54, 1.807) is 17.4 Å². The van der Waals surface area contributed by atoms with Crippen LogP contribution in [0.2, 0.25) is 0 Å². The summed E-state index contributed by atoms with van der Waals surface area (Å²) in [5.41, 5.74) is 3.48. The minimum Gasteiger partial charge on any atom is -0.312 e. The molecular weight excluding hydrogens is 292 g/mol. The SMILES string of the molecule is Cc1cccc(C(=O)Nc2sc3c(c2C#N)CC[C@@H](C)C3)c1. The molecule has 1 N–H and O–H groups in total. The van der Waals surface area contributed by atoms with Gasteiger partial charge in [0.25, 0.3) is 5.91 Å². The summed E-state index contributed by atoms with van der Waals surface area (Å²) >= 11 is 1.56. The molecule has 1 aromatic heterocycles. The summed E-state index contributed by atoms with van der Waals surface area (Å²) in [7, 11) is 0. The number of benzene rings is 1. The summed E-state index contributed by atoms with van der Waals surface area (Å²) in [5.74, 6) is 0.505. The Morgan fingerprint density at radius 1 is 1.45 bits per heavy atom. The molecule has 0 aliphatic heterocycles. The first-order valence-electron chi connectivity index (χ1n) is 7.51. The molecule has 0 bridgehead atoms. The van der Waals surface area contributed by atoms with Gasteiger partial charge in [0, 0.05) is 10.4 Å². The number of nitrogens with zero attached hydrogens (tertiary/aromatic N) is 1. The minimum atomic E-state index is -0.146. The van der Waals surface area contributed by atoms with E-state index in [2.05, 4.69) is 18.3 Å². The van der Waals surface area contributed by atoms with Gasteiger partial charge in [-0.3, -0.25) is 4.79 Å². The van der Waals surface area contributed by atoms with Crippen LogP contribution in [-0.2, 0) is 12.8 Å². The van der Waals surface area contributed by atoms with Crippen LogP contribution in [-0.4, -0.2) is 5.91 Å².